The molecule has 0 aromatic heterocycles. The van der Waals surface area contributed by atoms with E-state index in [1.165, 1.54) is 25.8 Å². The zero-order chi connectivity index (χ0) is 15.2. The Labute approximate surface area is 128 Å². The number of aliphatic hydroxyl groups excluding tert-OH is 1. The van der Waals surface area contributed by atoms with Crippen LogP contribution in [0.25, 0.3) is 0 Å². The van der Waals surface area contributed by atoms with Gasteiger partial charge in [-0.2, -0.15) is 0 Å². The van der Waals surface area contributed by atoms with Crippen molar-refractivity contribution in [3.63, 3.8) is 0 Å². The second kappa shape index (κ2) is 7.78. The number of benzene rings is 1. The Morgan fingerprint density at radius 2 is 2.24 bits per heavy atom. The largest absolute Gasteiger partial charge is 0.496 e. The molecule has 4 nitrogen and oxygen atoms in total. The van der Waals surface area contributed by atoms with E-state index in [1.54, 1.807) is 7.11 Å². The molecule has 1 fully saturated rings. The Balaban J connectivity index is 1.86. The SMILES string of the molecule is COc1ccc(C)cc1C(O)CNCC1CCCCN1C. The standard InChI is InChI=1S/C17H28N2O2/c1-13-7-8-17(21-3)15(10-13)16(20)12-18-11-14-6-4-5-9-19(14)2/h7-8,10,14,16,18,20H,4-6,9,11-12H2,1-3H3. The van der Waals surface area contributed by atoms with Gasteiger partial charge >= 0.3 is 0 Å². The summed E-state index contributed by atoms with van der Waals surface area (Å²) in [5, 5.41) is 13.8. The molecule has 1 aliphatic rings. The number of likely N-dealkylation sites (tertiary alicyclic amines) is 1. The van der Waals surface area contributed by atoms with Gasteiger partial charge in [0.2, 0.25) is 0 Å². The number of nitrogens with one attached hydrogen (secondary N) is 1. The van der Waals surface area contributed by atoms with Gasteiger partial charge in [0.15, 0.2) is 0 Å². The molecule has 2 rings (SSSR count). The normalized spacial score (nSPS) is 21.2. The molecule has 0 amide bonds. The number of ether oxygens (including phenoxy) is 1. The first-order chi connectivity index (χ1) is 10.1. The van der Waals surface area contributed by atoms with E-state index >= 15 is 0 Å². The van der Waals surface area contributed by atoms with Crippen molar-refractivity contribution in [1.29, 1.82) is 0 Å². The van der Waals surface area contributed by atoms with Crippen molar-refractivity contribution >= 4 is 0 Å². The van der Waals surface area contributed by atoms with Crippen molar-refractivity contribution in [1.82, 2.24) is 10.2 Å². The second-order valence-corrected chi connectivity index (χ2v) is 6.05. The summed E-state index contributed by atoms with van der Waals surface area (Å²) in [6, 6.07) is 6.51. The average molecular weight is 292 g/mol. The Morgan fingerprint density at radius 3 is 2.95 bits per heavy atom. The van der Waals surface area contributed by atoms with E-state index in [0.29, 0.717) is 12.6 Å². The molecule has 1 aliphatic heterocycles. The summed E-state index contributed by atoms with van der Waals surface area (Å²) in [6.07, 6.45) is 3.32. The van der Waals surface area contributed by atoms with Gasteiger partial charge in [-0.25, -0.2) is 0 Å². The van der Waals surface area contributed by atoms with Crippen molar-refractivity contribution < 1.29 is 9.84 Å². The molecule has 2 unspecified atom stereocenters. The van der Waals surface area contributed by atoms with Crippen molar-refractivity contribution in [3.05, 3.63) is 29.3 Å². The highest BCUT2D eigenvalue weighted by Gasteiger charge is 2.19. The molecule has 0 aliphatic carbocycles. The predicted molar refractivity (Wildman–Crippen MR) is 85.8 cm³/mol. The molecule has 0 bridgehead atoms. The van der Waals surface area contributed by atoms with Crippen LogP contribution in [-0.4, -0.2) is 49.8 Å². The summed E-state index contributed by atoms with van der Waals surface area (Å²) in [5.74, 6) is 0.754. The Hall–Kier alpha value is -1.10. The van der Waals surface area contributed by atoms with Gasteiger partial charge in [0, 0.05) is 24.7 Å². The van der Waals surface area contributed by atoms with Gasteiger partial charge in [0.1, 0.15) is 5.75 Å². The third-order valence-electron chi connectivity index (χ3n) is 4.38. The zero-order valence-corrected chi connectivity index (χ0v) is 13.4. The first-order valence-electron chi connectivity index (χ1n) is 7.85. The number of likely N-dealkylation sites (N-methyl/N-ethyl adjacent to an activating group) is 1. The fraction of sp³-hybridized carbons (Fsp3) is 0.647. The van der Waals surface area contributed by atoms with Crippen LogP contribution in [-0.2, 0) is 0 Å². The summed E-state index contributed by atoms with van der Waals surface area (Å²) in [6.45, 7) is 4.70. The Bertz CT molecular complexity index is 450. The van der Waals surface area contributed by atoms with Gasteiger partial charge in [-0.3, -0.25) is 0 Å². The van der Waals surface area contributed by atoms with E-state index in [9.17, 15) is 5.11 Å². The molecular weight excluding hydrogens is 264 g/mol. The van der Waals surface area contributed by atoms with E-state index < -0.39 is 6.10 Å². The number of aryl methyl sites for hydroxylation is 1. The minimum absolute atomic E-state index is 0.534. The maximum Gasteiger partial charge on any atom is 0.124 e. The summed E-state index contributed by atoms with van der Waals surface area (Å²) >= 11 is 0. The first-order valence-corrected chi connectivity index (χ1v) is 7.85. The molecule has 1 aromatic rings. The lowest BCUT2D eigenvalue weighted by Gasteiger charge is -2.32. The molecule has 4 heteroatoms. The van der Waals surface area contributed by atoms with Gasteiger partial charge in [0.25, 0.3) is 0 Å². The summed E-state index contributed by atoms with van der Waals surface area (Å²) in [7, 11) is 3.83. The summed E-state index contributed by atoms with van der Waals surface area (Å²) < 4.78 is 5.34. The molecule has 21 heavy (non-hydrogen) atoms. The molecule has 0 radical (unpaired) electrons. The third kappa shape index (κ3) is 4.43. The lowest BCUT2D eigenvalue weighted by molar-refractivity contribution is 0.151. The van der Waals surface area contributed by atoms with E-state index in [2.05, 4.69) is 17.3 Å². The number of aliphatic hydroxyl groups is 1. The topological polar surface area (TPSA) is 44.7 Å². The second-order valence-electron chi connectivity index (χ2n) is 6.05. The van der Waals surface area contributed by atoms with Crippen LogP contribution in [0.2, 0.25) is 0 Å². The Morgan fingerprint density at radius 1 is 1.43 bits per heavy atom. The number of methoxy groups -OCH3 is 1. The fourth-order valence-corrected chi connectivity index (χ4v) is 3.01. The molecule has 2 atom stereocenters. The minimum Gasteiger partial charge on any atom is -0.496 e. The number of rotatable bonds is 6. The van der Waals surface area contributed by atoms with Crippen LogP contribution >= 0.6 is 0 Å². The maximum atomic E-state index is 10.4. The number of hydrogen-bond donors (Lipinski definition) is 2. The highest BCUT2D eigenvalue weighted by atomic mass is 16.5. The average Bonchev–Trinajstić information content (AvgIpc) is 2.49. The zero-order valence-electron chi connectivity index (χ0n) is 13.4. The number of piperidine rings is 1. The van der Waals surface area contributed by atoms with Gasteiger partial charge in [-0.15, -0.1) is 0 Å². The lowest BCUT2D eigenvalue weighted by Crippen LogP contribution is -2.43. The molecule has 1 aromatic carbocycles. The summed E-state index contributed by atoms with van der Waals surface area (Å²) in [4.78, 5) is 2.41. The first kappa shape index (κ1) is 16.3. The highest BCUT2D eigenvalue weighted by molar-refractivity contribution is 5.38. The predicted octanol–water partition coefficient (Wildman–Crippen LogP) is 2.11. The maximum absolute atomic E-state index is 10.4. The third-order valence-corrected chi connectivity index (χ3v) is 4.38. The van der Waals surface area contributed by atoms with E-state index in [1.807, 2.05) is 25.1 Å². The van der Waals surface area contributed by atoms with Crippen molar-refractivity contribution in [2.24, 2.45) is 0 Å². The molecule has 118 valence electrons. The molecule has 2 N–H and O–H groups in total. The summed E-state index contributed by atoms with van der Waals surface area (Å²) in [5.41, 5.74) is 2.00. The quantitative estimate of drug-likeness (QED) is 0.843. The van der Waals surface area contributed by atoms with Crippen molar-refractivity contribution in [2.45, 2.75) is 38.3 Å². The van der Waals surface area contributed by atoms with Gasteiger partial charge in [0.05, 0.1) is 13.2 Å². The van der Waals surface area contributed by atoms with Crippen molar-refractivity contribution in [2.75, 3.05) is 33.8 Å². The number of nitrogens with zero attached hydrogens (tertiary/aromatic N) is 1. The monoisotopic (exact) mass is 292 g/mol. The highest BCUT2D eigenvalue weighted by Crippen LogP contribution is 2.26. The van der Waals surface area contributed by atoms with Crippen LogP contribution in [0.3, 0.4) is 0 Å². The Kier molecular flexibility index (Phi) is 6.03. The van der Waals surface area contributed by atoms with Crippen LogP contribution in [0, 0.1) is 6.92 Å². The molecule has 1 heterocycles. The fourth-order valence-electron chi connectivity index (χ4n) is 3.01. The van der Waals surface area contributed by atoms with Crippen LogP contribution in [0.15, 0.2) is 18.2 Å². The molecular formula is C17H28N2O2. The smallest absolute Gasteiger partial charge is 0.124 e. The van der Waals surface area contributed by atoms with Crippen LogP contribution in [0.5, 0.6) is 5.75 Å². The number of hydrogen-bond acceptors (Lipinski definition) is 4. The van der Waals surface area contributed by atoms with E-state index in [4.69, 9.17) is 4.74 Å². The minimum atomic E-state index is -0.534. The van der Waals surface area contributed by atoms with Crippen LogP contribution in [0.1, 0.15) is 36.5 Å². The van der Waals surface area contributed by atoms with E-state index in [-0.39, 0.29) is 0 Å². The molecule has 1 saturated heterocycles. The van der Waals surface area contributed by atoms with Gasteiger partial charge in [-0.05, 0) is 45.5 Å². The van der Waals surface area contributed by atoms with Crippen molar-refractivity contribution in [3.8, 4) is 5.75 Å². The lowest BCUT2D eigenvalue weighted by atomic mass is 10.0. The van der Waals surface area contributed by atoms with Crippen LogP contribution < -0.4 is 10.1 Å². The van der Waals surface area contributed by atoms with E-state index in [0.717, 1.165) is 23.4 Å². The van der Waals surface area contributed by atoms with Crippen LogP contribution in [0.4, 0.5) is 0 Å². The molecule has 0 spiro atoms. The molecule has 0 saturated carbocycles. The van der Waals surface area contributed by atoms with Gasteiger partial charge < -0.3 is 20.1 Å². The van der Waals surface area contributed by atoms with Gasteiger partial charge in [-0.1, -0.05) is 18.1 Å².